The molecule has 146 valence electrons. The topological polar surface area (TPSA) is 68.4 Å². The Morgan fingerprint density at radius 3 is 2.18 bits per heavy atom. The van der Waals surface area contributed by atoms with Gasteiger partial charge in [0.15, 0.2) is 5.92 Å². The zero-order valence-electron chi connectivity index (χ0n) is 16.4. The minimum atomic E-state index is -1.08. The van der Waals surface area contributed by atoms with Crippen LogP contribution in [0, 0.1) is 12.8 Å². The van der Waals surface area contributed by atoms with Crippen LogP contribution in [0.5, 0.6) is 0 Å². The Bertz CT molecular complexity index is 943. The largest absolute Gasteiger partial charge is 0.465 e. The Kier molecular flexibility index (Phi) is 6.14. The van der Waals surface area contributed by atoms with Crippen LogP contribution < -0.4 is 0 Å². The van der Waals surface area contributed by atoms with Crippen LogP contribution in [0.25, 0.3) is 10.9 Å². The van der Waals surface area contributed by atoms with Crippen LogP contribution in [0.1, 0.15) is 36.5 Å². The molecule has 0 amide bonds. The first-order chi connectivity index (χ1) is 13.6. The summed E-state index contributed by atoms with van der Waals surface area (Å²) >= 11 is 0. The number of aromatic amines is 1. The number of benzene rings is 2. The molecule has 1 atom stereocenters. The molecule has 0 aliphatic rings. The van der Waals surface area contributed by atoms with Gasteiger partial charge >= 0.3 is 11.9 Å². The lowest BCUT2D eigenvalue weighted by molar-refractivity contribution is -0.162. The zero-order chi connectivity index (χ0) is 20.1. The lowest BCUT2D eigenvalue weighted by atomic mass is 9.80. The highest BCUT2D eigenvalue weighted by atomic mass is 16.6. The van der Waals surface area contributed by atoms with Crippen molar-refractivity contribution >= 4 is 22.8 Å². The zero-order valence-corrected chi connectivity index (χ0v) is 16.4. The van der Waals surface area contributed by atoms with Crippen molar-refractivity contribution in [2.75, 3.05) is 13.2 Å². The molecule has 0 saturated heterocycles. The van der Waals surface area contributed by atoms with Gasteiger partial charge < -0.3 is 14.5 Å². The third-order valence-electron chi connectivity index (χ3n) is 4.86. The number of carbonyl (C=O) groups is 2. The normalized spacial score (nSPS) is 12.1. The highest BCUT2D eigenvalue weighted by Crippen LogP contribution is 2.38. The molecule has 28 heavy (non-hydrogen) atoms. The fourth-order valence-corrected chi connectivity index (χ4v) is 3.63. The monoisotopic (exact) mass is 379 g/mol. The van der Waals surface area contributed by atoms with E-state index in [0.717, 1.165) is 27.6 Å². The first-order valence-corrected chi connectivity index (χ1v) is 9.53. The van der Waals surface area contributed by atoms with Gasteiger partial charge in [-0.3, -0.25) is 9.59 Å². The van der Waals surface area contributed by atoms with Crippen molar-refractivity contribution in [3.05, 3.63) is 71.4 Å². The Morgan fingerprint density at radius 1 is 0.929 bits per heavy atom. The number of carbonyl (C=O) groups excluding carboxylic acids is 2. The molecule has 0 bridgehead atoms. The first-order valence-electron chi connectivity index (χ1n) is 9.53. The standard InChI is InChI=1S/C23H25NO4/c1-4-27-22(25)20(23(26)28-5-2)19(16-11-7-6-8-12-16)18-14-24-21-15(3)10-9-13-17(18)21/h6-14,19-20,24H,4-5H2,1-3H3/t19-/m0/s1. The van der Waals surface area contributed by atoms with Crippen molar-refractivity contribution in [1.82, 2.24) is 4.98 Å². The minimum absolute atomic E-state index is 0.198. The maximum Gasteiger partial charge on any atom is 0.321 e. The van der Waals surface area contributed by atoms with Gasteiger partial charge in [-0.2, -0.15) is 0 Å². The summed E-state index contributed by atoms with van der Waals surface area (Å²) in [6, 6.07) is 15.5. The third kappa shape index (κ3) is 3.79. The summed E-state index contributed by atoms with van der Waals surface area (Å²) in [5.41, 5.74) is 3.82. The van der Waals surface area contributed by atoms with Crippen molar-refractivity contribution in [3.63, 3.8) is 0 Å². The molecule has 0 aliphatic heterocycles. The number of nitrogens with one attached hydrogen (secondary N) is 1. The molecule has 0 unspecified atom stereocenters. The summed E-state index contributed by atoms with van der Waals surface area (Å²) in [7, 11) is 0. The predicted octanol–water partition coefficient (Wildman–Crippen LogP) is 4.35. The van der Waals surface area contributed by atoms with Crippen LogP contribution in [-0.4, -0.2) is 30.1 Å². The molecule has 3 aromatic rings. The first kappa shape index (κ1) is 19.7. The molecule has 5 nitrogen and oxygen atoms in total. The molecule has 0 radical (unpaired) electrons. The number of para-hydroxylation sites is 1. The maximum atomic E-state index is 12.8. The smallest absolute Gasteiger partial charge is 0.321 e. The quantitative estimate of drug-likeness (QED) is 0.489. The predicted molar refractivity (Wildman–Crippen MR) is 108 cm³/mol. The summed E-state index contributed by atoms with van der Waals surface area (Å²) < 4.78 is 10.5. The van der Waals surface area contributed by atoms with Crippen LogP contribution in [0.15, 0.2) is 54.7 Å². The number of fused-ring (bicyclic) bond motifs is 1. The second kappa shape index (κ2) is 8.74. The Hall–Kier alpha value is -3.08. The average Bonchev–Trinajstić information content (AvgIpc) is 3.12. The highest BCUT2D eigenvalue weighted by Gasteiger charge is 2.40. The van der Waals surface area contributed by atoms with Gasteiger partial charge in [-0.1, -0.05) is 48.5 Å². The van der Waals surface area contributed by atoms with E-state index in [2.05, 4.69) is 4.98 Å². The van der Waals surface area contributed by atoms with Crippen LogP contribution in [0.3, 0.4) is 0 Å². The number of aromatic nitrogens is 1. The molecule has 3 rings (SSSR count). The fraction of sp³-hybridized carbons (Fsp3) is 0.304. The number of hydrogen-bond acceptors (Lipinski definition) is 4. The Labute approximate surface area is 164 Å². The van der Waals surface area contributed by atoms with E-state index in [1.54, 1.807) is 13.8 Å². The van der Waals surface area contributed by atoms with Gasteiger partial charge in [0.1, 0.15) is 0 Å². The number of hydrogen-bond donors (Lipinski definition) is 1. The van der Waals surface area contributed by atoms with E-state index in [0.29, 0.717) is 0 Å². The van der Waals surface area contributed by atoms with Crippen molar-refractivity contribution in [2.45, 2.75) is 26.7 Å². The third-order valence-corrected chi connectivity index (χ3v) is 4.86. The molecule has 1 heterocycles. The summed E-state index contributed by atoms with van der Waals surface area (Å²) in [6.45, 7) is 5.88. The maximum absolute atomic E-state index is 12.8. The second-order valence-corrected chi connectivity index (χ2v) is 6.61. The van der Waals surface area contributed by atoms with E-state index in [4.69, 9.17) is 9.47 Å². The van der Waals surface area contributed by atoms with Crippen molar-refractivity contribution in [1.29, 1.82) is 0 Å². The lowest BCUT2D eigenvalue weighted by Crippen LogP contribution is -2.34. The highest BCUT2D eigenvalue weighted by molar-refractivity contribution is 5.98. The van der Waals surface area contributed by atoms with E-state index in [-0.39, 0.29) is 13.2 Å². The van der Waals surface area contributed by atoms with Gasteiger partial charge in [0, 0.05) is 23.0 Å². The van der Waals surface area contributed by atoms with Crippen LogP contribution in [0.2, 0.25) is 0 Å². The molecule has 0 fully saturated rings. The molecule has 0 saturated carbocycles. The summed E-state index contributed by atoms with van der Waals surface area (Å²) in [5, 5.41) is 0.979. The van der Waals surface area contributed by atoms with Crippen LogP contribution >= 0.6 is 0 Å². The molecular formula is C23H25NO4. The van der Waals surface area contributed by atoms with Gasteiger partial charge in [-0.15, -0.1) is 0 Å². The minimum Gasteiger partial charge on any atom is -0.465 e. The van der Waals surface area contributed by atoms with Crippen molar-refractivity contribution in [3.8, 4) is 0 Å². The van der Waals surface area contributed by atoms with Crippen LogP contribution in [0.4, 0.5) is 0 Å². The van der Waals surface area contributed by atoms with Gasteiger partial charge in [0.05, 0.1) is 13.2 Å². The number of H-pyrrole nitrogens is 1. The van der Waals surface area contributed by atoms with E-state index >= 15 is 0 Å². The average molecular weight is 379 g/mol. The lowest BCUT2D eigenvalue weighted by Gasteiger charge is -2.24. The van der Waals surface area contributed by atoms with Gasteiger partial charge in [-0.05, 0) is 37.5 Å². The Balaban J connectivity index is 2.21. The summed E-state index contributed by atoms with van der Waals surface area (Å²) in [4.78, 5) is 29.0. The number of rotatable bonds is 7. The summed E-state index contributed by atoms with van der Waals surface area (Å²) in [6.07, 6.45) is 1.88. The SMILES string of the molecule is CCOC(=O)C(C(=O)OCC)[C@@H](c1ccccc1)c1c[nH]c2c(C)cccc12. The molecule has 0 aliphatic carbocycles. The molecule has 1 N–H and O–H groups in total. The number of ether oxygens (including phenoxy) is 2. The molecule has 0 spiro atoms. The van der Waals surface area contributed by atoms with Gasteiger partial charge in [0.25, 0.3) is 0 Å². The van der Waals surface area contributed by atoms with E-state index in [9.17, 15) is 9.59 Å². The van der Waals surface area contributed by atoms with E-state index in [1.807, 2.05) is 61.7 Å². The fourth-order valence-electron chi connectivity index (χ4n) is 3.63. The van der Waals surface area contributed by atoms with Gasteiger partial charge in [-0.25, -0.2) is 0 Å². The van der Waals surface area contributed by atoms with Crippen LogP contribution in [-0.2, 0) is 19.1 Å². The molecule has 1 aromatic heterocycles. The number of esters is 2. The molecule has 2 aromatic carbocycles. The van der Waals surface area contributed by atoms with E-state index in [1.165, 1.54) is 0 Å². The molecule has 5 heteroatoms. The van der Waals surface area contributed by atoms with Gasteiger partial charge in [0.2, 0.25) is 0 Å². The van der Waals surface area contributed by atoms with Crippen molar-refractivity contribution in [2.24, 2.45) is 5.92 Å². The number of aryl methyl sites for hydroxylation is 1. The van der Waals surface area contributed by atoms with Crippen molar-refractivity contribution < 1.29 is 19.1 Å². The van der Waals surface area contributed by atoms with E-state index < -0.39 is 23.8 Å². The second-order valence-electron chi connectivity index (χ2n) is 6.61. The molecular weight excluding hydrogens is 354 g/mol. The summed E-state index contributed by atoms with van der Waals surface area (Å²) in [5.74, 6) is -2.75. The Morgan fingerprint density at radius 2 is 1.57 bits per heavy atom.